The van der Waals surface area contributed by atoms with Crippen LogP contribution >= 0.6 is 0 Å². The number of hydrogen-bond acceptors (Lipinski definition) is 3. The van der Waals surface area contributed by atoms with Crippen molar-refractivity contribution in [2.24, 2.45) is 0 Å². The van der Waals surface area contributed by atoms with E-state index in [0.717, 1.165) is 43.3 Å². The minimum atomic E-state index is 0.768. The fourth-order valence-electron chi connectivity index (χ4n) is 2.00. The Balaban J connectivity index is 1.84. The topological polar surface area (TPSA) is 34.1 Å². The quantitative estimate of drug-likeness (QED) is 0.836. The third kappa shape index (κ3) is 4.67. The van der Waals surface area contributed by atoms with Crippen molar-refractivity contribution >= 4 is 0 Å². The second kappa shape index (κ2) is 7.65. The highest BCUT2D eigenvalue weighted by Crippen LogP contribution is 2.13. The molecule has 3 nitrogen and oxygen atoms in total. The molecule has 2 rings (SSSR count). The zero-order chi connectivity index (χ0) is 14.2. The second-order valence-electron chi connectivity index (χ2n) is 4.87. The van der Waals surface area contributed by atoms with E-state index in [1.807, 2.05) is 37.3 Å². The Morgan fingerprint density at radius 1 is 1.10 bits per heavy atom. The van der Waals surface area contributed by atoms with E-state index in [0.29, 0.717) is 0 Å². The van der Waals surface area contributed by atoms with Crippen LogP contribution in [0.25, 0.3) is 0 Å². The van der Waals surface area contributed by atoms with Gasteiger partial charge >= 0.3 is 0 Å². The van der Waals surface area contributed by atoms with E-state index in [2.05, 4.69) is 29.4 Å². The lowest BCUT2D eigenvalue weighted by Gasteiger charge is -2.08. The summed E-state index contributed by atoms with van der Waals surface area (Å²) in [5, 5.41) is 3.41. The third-order valence-corrected chi connectivity index (χ3v) is 2.95. The van der Waals surface area contributed by atoms with Crippen LogP contribution in [-0.4, -0.2) is 11.6 Å². The van der Waals surface area contributed by atoms with Crippen molar-refractivity contribution in [3.8, 4) is 5.75 Å². The molecule has 0 saturated carbocycles. The van der Waals surface area contributed by atoms with E-state index in [9.17, 15) is 0 Å². The van der Waals surface area contributed by atoms with Crippen LogP contribution in [0.1, 0.15) is 30.3 Å². The first-order valence-electron chi connectivity index (χ1n) is 7.13. The van der Waals surface area contributed by atoms with Gasteiger partial charge in [0.25, 0.3) is 0 Å². The van der Waals surface area contributed by atoms with Crippen molar-refractivity contribution < 1.29 is 4.74 Å². The maximum absolute atomic E-state index is 5.64. The first kappa shape index (κ1) is 14.5. The van der Waals surface area contributed by atoms with Crippen LogP contribution in [0.4, 0.5) is 0 Å². The minimum absolute atomic E-state index is 0.768. The monoisotopic (exact) mass is 270 g/mol. The lowest BCUT2D eigenvalue weighted by atomic mass is 10.2. The molecule has 0 bridgehead atoms. The van der Waals surface area contributed by atoms with Crippen LogP contribution in [0.2, 0.25) is 0 Å². The molecule has 0 atom stereocenters. The molecule has 3 heteroatoms. The summed E-state index contributed by atoms with van der Waals surface area (Å²) in [7, 11) is 0. The normalized spacial score (nSPS) is 10.5. The average molecular weight is 270 g/mol. The summed E-state index contributed by atoms with van der Waals surface area (Å²) in [5.74, 6) is 0.944. The molecule has 106 valence electrons. The van der Waals surface area contributed by atoms with Gasteiger partial charge in [0.05, 0.1) is 12.3 Å². The number of aromatic nitrogens is 1. The van der Waals surface area contributed by atoms with E-state index < -0.39 is 0 Å². The van der Waals surface area contributed by atoms with E-state index in [-0.39, 0.29) is 0 Å². The summed E-state index contributed by atoms with van der Waals surface area (Å²) < 4.78 is 5.64. The lowest BCUT2D eigenvalue weighted by Crippen LogP contribution is -2.14. The van der Waals surface area contributed by atoms with Crippen molar-refractivity contribution in [3.05, 3.63) is 59.4 Å². The molecule has 0 radical (unpaired) electrons. The molecule has 0 unspecified atom stereocenters. The molecule has 0 spiro atoms. The maximum Gasteiger partial charge on any atom is 0.119 e. The zero-order valence-corrected chi connectivity index (χ0v) is 12.2. The average Bonchev–Trinajstić information content (AvgIpc) is 2.46. The Morgan fingerprint density at radius 3 is 2.75 bits per heavy atom. The van der Waals surface area contributed by atoms with Gasteiger partial charge in [-0.15, -0.1) is 0 Å². The summed E-state index contributed by atoms with van der Waals surface area (Å²) in [6.07, 6.45) is 1.03. The molecule has 0 fully saturated rings. The van der Waals surface area contributed by atoms with Crippen LogP contribution < -0.4 is 10.1 Å². The fraction of sp³-hybridized carbons (Fsp3) is 0.353. The molecule has 1 aromatic carbocycles. The van der Waals surface area contributed by atoms with Gasteiger partial charge < -0.3 is 10.1 Å². The van der Waals surface area contributed by atoms with Crippen LogP contribution in [0.15, 0.2) is 42.5 Å². The standard InChI is InChI=1S/C17H22N2O/c1-3-10-20-17-9-5-7-15(11-17)12-18-13-16-8-4-6-14(2)19-16/h4-9,11,18H,3,10,12-13H2,1-2H3. The van der Waals surface area contributed by atoms with E-state index >= 15 is 0 Å². The van der Waals surface area contributed by atoms with Gasteiger partial charge in [0.1, 0.15) is 5.75 Å². The molecule has 0 amide bonds. The maximum atomic E-state index is 5.64. The van der Waals surface area contributed by atoms with Gasteiger partial charge in [0.15, 0.2) is 0 Å². The number of pyridine rings is 1. The molecule has 0 aliphatic rings. The van der Waals surface area contributed by atoms with Crippen molar-refractivity contribution in [1.29, 1.82) is 0 Å². The summed E-state index contributed by atoms with van der Waals surface area (Å²) in [5.41, 5.74) is 3.36. The van der Waals surface area contributed by atoms with E-state index in [1.54, 1.807) is 0 Å². The van der Waals surface area contributed by atoms with Crippen molar-refractivity contribution in [2.45, 2.75) is 33.4 Å². The van der Waals surface area contributed by atoms with E-state index in [1.165, 1.54) is 5.56 Å². The van der Waals surface area contributed by atoms with Gasteiger partial charge in [-0.25, -0.2) is 0 Å². The Bertz CT molecular complexity index is 540. The second-order valence-corrected chi connectivity index (χ2v) is 4.87. The Labute approximate surface area is 121 Å². The molecular formula is C17H22N2O. The number of rotatable bonds is 7. The summed E-state index contributed by atoms with van der Waals surface area (Å²) >= 11 is 0. The van der Waals surface area contributed by atoms with Crippen molar-refractivity contribution in [3.63, 3.8) is 0 Å². The third-order valence-electron chi connectivity index (χ3n) is 2.95. The minimum Gasteiger partial charge on any atom is -0.494 e. The smallest absolute Gasteiger partial charge is 0.119 e. The predicted molar refractivity (Wildman–Crippen MR) is 81.7 cm³/mol. The van der Waals surface area contributed by atoms with Crippen molar-refractivity contribution in [2.75, 3.05) is 6.61 Å². The van der Waals surface area contributed by atoms with Gasteiger partial charge in [0.2, 0.25) is 0 Å². The number of benzene rings is 1. The van der Waals surface area contributed by atoms with Gasteiger partial charge in [0, 0.05) is 18.8 Å². The fourth-order valence-corrected chi connectivity index (χ4v) is 2.00. The molecule has 20 heavy (non-hydrogen) atoms. The van der Waals surface area contributed by atoms with Gasteiger partial charge in [-0.3, -0.25) is 4.98 Å². The highest BCUT2D eigenvalue weighted by atomic mass is 16.5. The lowest BCUT2D eigenvalue weighted by molar-refractivity contribution is 0.317. The van der Waals surface area contributed by atoms with Gasteiger partial charge in [-0.1, -0.05) is 25.1 Å². The summed E-state index contributed by atoms with van der Waals surface area (Å²) in [6, 6.07) is 14.3. The number of nitrogens with zero attached hydrogens (tertiary/aromatic N) is 1. The van der Waals surface area contributed by atoms with Gasteiger partial charge in [-0.05, 0) is 43.2 Å². The Morgan fingerprint density at radius 2 is 1.95 bits per heavy atom. The summed E-state index contributed by atoms with van der Waals surface area (Å²) in [4.78, 5) is 4.48. The molecule has 1 aromatic heterocycles. The first-order valence-corrected chi connectivity index (χ1v) is 7.13. The largest absolute Gasteiger partial charge is 0.494 e. The predicted octanol–water partition coefficient (Wildman–Crippen LogP) is 3.47. The van der Waals surface area contributed by atoms with Crippen LogP contribution in [-0.2, 0) is 13.1 Å². The SMILES string of the molecule is CCCOc1cccc(CNCc2cccc(C)n2)c1. The molecule has 1 heterocycles. The highest BCUT2D eigenvalue weighted by molar-refractivity contribution is 5.28. The van der Waals surface area contributed by atoms with Crippen LogP contribution in [0.3, 0.4) is 0 Å². The number of nitrogens with one attached hydrogen (secondary N) is 1. The Hall–Kier alpha value is -1.87. The number of hydrogen-bond donors (Lipinski definition) is 1. The van der Waals surface area contributed by atoms with Gasteiger partial charge in [-0.2, -0.15) is 0 Å². The van der Waals surface area contributed by atoms with E-state index in [4.69, 9.17) is 4.74 Å². The first-order chi connectivity index (χ1) is 9.78. The highest BCUT2D eigenvalue weighted by Gasteiger charge is 1.98. The molecule has 0 aliphatic heterocycles. The number of aryl methyl sites for hydroxylation is 1. The van der Waals surface area contributed by atoms with Crippen LogP contribution in [0, 0.1) is 6.92 Å². The molecule has 1 N–H and O–H groups in total. The summed E-state index contributed by atoms with van der Waals surface area (Å²) in [6.45, 7) is 6.49. The zero-order valence-electron chi connectivity index (χ0n) is 12.2. The molecule has 0 aliphatic carbocycles. The molecule has 0 saturated heterocycles. The Kier molecular flexibility index (Phi) is 5.56. The molecular weight excluding hydrogens is 248 g/mol. The van der Waals surface area contributed by atoms with Crippen LogP contribution in [0.5, 0.6) is 5.75 Å². The van der Waals surface area contributed by atoms with Crippen molar-refractivity contribution in [1.82, 2.24) is 10.3 Å². The molecule has 2 aromatic rings. The number of ether oxygens (including phenoxy) is 1.